The van der Waals surface area contributed by atoms with E-state index in [9.17, 15) is 4.39 Å². The van der Waals surface area contributed by atoms with Crippen molar-refractivity contribution in [1.29, 1.82) is 0 Å². The number of methoxy groups -OCH3 is 1. The van der Waals surface area contributed by atoms with E-state index in [4.69, 9.17) is 4.74 Å². The van der Waals surface area contributed by atoms with Crippen molar-refractivity contribution in [3.8, 4) is 5.75 Å². The van der Waals surface area contributed by atoms with Gasteiger partial charge in [0.2, 0.25) is 0 Å². The molecule has 0 fully saturated rings. The Labute approximate surface area is 113 Å². The highest BCUT2D eigenvalue weighted by molar-refractivity contribution is 5.48. The van der Waals surface area contributed by atoms with E-state index in [-0.39, 0.29) is 11.9 Å². The van der Waals surface area contributed by atoms with E-state index >= 15 is 0 Å². The topological polar surface area (TPSA) is 21.3 Å². The molecular weight excluding hydrogens is 241 g/mol. The smallest absolute Gasteiger partial charge is 0.146 e. The van der Waals surface area contributed by atoms with Gasteiger partial charge in [0, 0.05) is 6.04 Å². The number of halogens is 1. The van der Waals surface area contributed by atoms with Crippen molar-refractivity contribution in [3.05, 3.63) is 59.4 Å². The summed E-state index contributed by atoms with van der Waals surface area (Å²) >= 11 is 0. The van der Waals surface area contributed by atoms with E-state index in [1.165, 1.54) is 6.07 Å². The van der Waals surface area contributed by atoms with Crippen molar-refractivity contribution < 1.29 is 9.13 Å². The van der Waals surface area contributed by atoms with Crippen molar-refractivity contribution in [2.75, 3.05) is 12.4 Å². The molecular formula is C16H18FNO. The Bertz CT molecular complexity index is 568. The van der Waals surface area contributed by atoms with Gasteiger partial charge in [0.1, 0.15) is 11.6 Å². The summed E-state index contributed by atoms with van der Waals surface area (Å²) in [7, 11) is 1.64. The summed E-state index contributed by atoms with van der Waals surface area (Å²) in [5.74, 6) is 0.574. The molecule has 1 N–H and O–H groups in total. The monoisotopic (exact) mass is 259 g/mol. The Kier molecular flexibility index (Phi) is 4.05. The van der Waals surface area contributed by atoms with Gasteiger partial charge in [-0.1, -0.05) is 18.2 Å². The number of nitrogens with one attached hydrogen (secondary N) is 1. The van der Waals surface area contributed by atoms with Gasteiger partial charge in [-0.25, -0.2) is 4.39 Å². The second-order valence-electron chi connectivity index (χ2n) is 4.63. The quantitative estimate of drug-likeness (QED) is 0.883. The highest BCUT2D eigenvalue weighted by Gasteiger charge is 2.09. The molecule has 2 aromatic rings. The van der Waals surface area contributed by atoms with E-state index in [2.05, 4.69) is 5.32 Å². The molecule has 1 atom stereocenters. The summed E-state index contributed by atoms with van der Waals surface area (Å²) in [6, 6.07) is 13.0. The van der Waals surface area contributed by atoms with Gasteiger partial charge in [-0.3, -0.25) is 0 Å². The lowest BCUT2D eigenvalue weighted by atomic mass is 10.1. The fraction of sp³-hybridized carbons (Fsp3) is 0.250. The molecule has 0 bridgehead atoms. The predicted octanol–water partition coefficient (Wildman–Crippen LogP) is 4.32. The number of benzene rings is 2. The Morgan fingerprint density at radius 1 is 1.16 bits per heavy atom. The van der Waals surface area contributed by atoms with E-state index in [1.54, 1.807) is 13.2 Å². The summed E-state index contributed by atoms with van der Waals surface area (Å²) in [4.78, 5) is 0. The second kappa shape index (κ2) is 5.74. The second-order valence-corrected chi connectivity index (χ2v) is 4.63. The van der Waals surface area contributed by atoms with Crippen LogP contribution in [0, 0.1) is 12.7 Å². The van der Waals surface area contributed by atoms with Crippen LogP contribution < -0.4 is 10.1 Å². The van der Waals surface area contributed by atoms with Gasteiger partial charge in [-0.05, 0) is 49.2 Å². The number of anilines is 1. The molecule has 0 aliphatic heterocycles. The fourth-order valence-electron chi connectivity index (χ4n) is 1.96. The van der Waals surface area contributed by atoms with E-state index in [0.29, 0.717) is 5.69 Å². The number of hydrogen-bond acceptors (Lipinski definition) is 2. The number of ether oxygens (including phenoxy) is 1. The molecule has 2 nitrogen and oxygen atoms in total. The van der Waals surface area contributed by atoms with E-state index in [0.717, 1.165) is 16.9 Å². The lowest BCUT2D eigenvalue weighted by Gasteiger charge is -2.17. The van der Waals surface area contributed by atoms with Gasteiger partial charge < -0.3 is 10.1 Å². The first-order chi connectivity index (χ1) is 9.10. The third-order valence-electron chi connectivity index (χ3n) is 3.09. The average molecular weight is 259 g/mol. The first-order valence-corrected chi connectivity index (χ1v) is 6.27. The lowest BCUT2D eigenvalue weighted by molar-refractivity contribution is 0.414. The van der Waals surface area contributed by atoms with Crippen molar-refractivity contribution in [2.24, 2.45) is 0 Å². The summed E-state index contributed by atoms with van der Waals surface area (Å²) in [6.07, 6.45) is 0. The summed E-state index contributed by atoms with van der Waals surface area (Å²) in [5.41, 5.74) is 2.48. The molecule has 0 heterocycles. The van der Waals surface area contributed by atoms with E-state index < -0.39 is 0 Å². The first-order valence-electron chi connectivity index (χ1n) is 6.27. The van der Waals surface area contributed by atoms with Crippen molar-refractivity contribution in [3.63, 3.8) is 0 Å². The van der Waals surface area contributed by atoms with Gasteiger partial charge in [0.05, 0.1) is 12.8 Å². The third kappa shape index (κ3) is 3.25. The predicted molar refractivity (Wildman–Crippen MR) is 76.2 cm³/mol. The highest BCUT2D eigenvalue weighted by atomic mass is 19.1. The molecule has 2 rings (SSSR count). The van der Waals surface area contributed by atoms with Gasteiger partial charge in [-0.2, -0.15) is 0 Å². The number of aryl methyl sites for hydroxylation is 1. The van der Waals surface area contributed by atoms with Crippen LogP contribution in [0.25, 0.3) is 0 Å². The first kappa shape index (κ1) is 13.4. The molecule has 0 spiro atoms. The average Bonchev–Trinajstić information content (AvgIpc) is 2.42. The van der Waals surface area contributed by atoms with Crippen LogP contribution in [0.3, 0.4) is 0 Å². The summed E-state index contributed by atoms with van der Waals surface area (Å²) < 4.78 is 19.0. The largest absolute Gasteiger partial charge is 0.497 e. The molecule has 0 radical (unpaired) electrons. The van der Waals surface area contributed by atoms with Crippen molar-refractivity contribution >= 4 is 5.69 Å². The van der Waals surface area contributed by atoms with Crippen LogP contribution in [0.5, 0.6) is 5.75 Å². The van der Waals surface area contributed by atoms with Crippen molar-refractivity contribution in [1.82, 2.24) is 0 Å². The van der Waals surface area contributed by atoms with Crippen LogP contribution in [0.1, 0.15) is 24.1 Å². The van der Waals surface area contributed by atoms with Gasteiger partial charge in [-0.15, -0.1) is 0 Å². The molecule has 0 saturated heterocycles. The van der Waals surface area contributed by atoms with Crippen LogP contribution in [0.2, 0.25) is 0 Å². The molecule has 0 saturated carbocycles. The zero-order chi connectivity index (χ0) is 13.8. The molecule has 0 aliphatic carbocycles. The van der Waals surface area contributed by atoms with E-state index in [1.807, 2.05) is 44.2 Å². The SMILES string of the molecule is COc1cccc(C(C)Nc2ccc(C)cc2F)c1. The summed E-state index contributed by atoms with van der Waals surface area (Å²) in [6.45, 7) is 3.87. The zero-order valence-corrected chi connectivity index (χ0v) is 11.4. The Hall–Kier alpha value is -2.03. The molecule has 100 valence electrons. The maximum absolute atomic E-state index is 13.8. The van der Waals surface area contributed by atoms with Crippen LogP contribution in [-0.4, -0.2) is 7.11 Å². The normalized spacial score (nSPS) is 12.0. The maximum Gasteiger partial charge on any atom is 0.146 e. The minimum atomic E-state index is -0.227. The van der Waals surface area contributed by atoms with Gasteiger partial charge in [0.15, 0.2) is 0 Å². The molecule has 0 aromatic heterocycles. The van der Waals surface area contributed by atoms with Crippen LogP contribution in [-0.2, 0) is 0 Å². The molecule has 1 unspecified atom stereocenters. The zero-order valence-electron chi connectivity index (χ0n) is 11.4. The Morgan fingerprint density at radius 2 is 1.95 bits per heavy atom. The Balaban J connectivity index is 2.17. The lowest BCUT2D eigenvalue weighted by Crippen LogP contribution is -2.08. The van der Waals surface area contributed by atoms with Crippen LogP contribution in [0.15, 0.2) is 42.5 Å². The number of rotatable bonds is 4. The molecule has 3 heteroatoms. The number of hydrogen-bond donors (Lipinski definition) is 1. The van der Waals surface area contributed by atoms with Gasteiger partial charge >= 0.3 is 0 Å². The van der Waals surface area contributed by atoms with Crippen LogP contribution >= 0.6 is 0 Å². The van der Waals surface area contributed by atoms with Crippen LogP contribution in [0.4, 0.5) is 10.1 Å². The maximum atomic E-state index is 13.8. The minimum absolute atomic E-state index is 0.00676. The Morgan fingerprint density at radius 3 is 2.63 bits per heavy atom. The summed E-state index contributed by atoms with van der Waals surface area (Å²) in [5, 5.41) is 3.17. The standard InChI is InChI=1S/C16H18FNO/c1-11-7-8-16(15(17)9-11)18-12(2)13-5-4-6-14(10-13)19-3/h4-10,12,18H,1-3H3. The molecule has 2 aromatic carbocycles. The minimum Gasteiger partial charge on any atom is -0.497 e. The van der Waals surface area contributed by atoms with Gasteiger partial charge in [0.25, 0.3) is 0 Å². The fourth-order valence-corrected chi connectivity index (χ4v) is 1.96. The van der Waals surface area contributed by atoms with Crippen molar-refractivity contribution in [2.45, 2.75) is 19.9 Å². The molecule has 0 aliphatic rings. The highest BCUT2D eigenvalue weighted by Crippen LogP contribution is 2.24. The molecule has 19 heavy (non-hydrogen) atoms. The molecule has 0 amide bonds. The third-order valence-corrected chi connectivity index (χ3v) is 3.09.